The van der Waals surface area contributed by atoms with Crippen molar-refractivity contribution in [3.63, 3.8) is 0 Å². The molecule has 0 radical (unpaired) electrons. The number of hydrogen-bond acceptors (Lipinski definition) is 3. The van der Waals surface area contributed by atoms with Crippen molar-refractivity contribution in [1.82, 2.24) is 10.2 Å². The Kier molecular flexibility index (Phi) is 2.29. The monoisotopic (exact) mass is 217 g/mol. The third-order valence-corrected chi connectivity index (χ3v) is 3.20. The molecule has 0 bridgehead atoms. The molecule has 1 aromatic carbocycles. The summed E-state index contributed by atoms with van der Waals surface area (Å²) in [5.74, 6) is 0.885. The van der Waals surface area contributed by atoms with Gasteiger partial charge in [-0.1, -0.05) is 0 Å². The molecule has 2 aromatic rings. The van der Waals surface area contributed by atoms with E-state index in [-0.39, 0.29) is 12.1 Å². The number of nitrogens with two attached hydrogens (primary N) is 1. The van der Waals surface area contributed by atoms with Crippen LogP contribution in [0.2, 0.25) is 0 Å². The second-order valence-corrected chi connectivity index (χ2v) is 4.37. The number of nitrogens with one attached hydrogen (secondary N) is 1. The van der Waals surface area contributed by atoms with Crippen molar-refractivity contribution >= 4 is 10.9 Å². The fraction of sp³-hybridized carbons (Fsp3) is 0.417. The van der Waals surface area contributed by atoms with Gasteiger partial charge in [0.15, 0.2) is 0 Å². The lowest BCUT2D eigenvalue weighted by molar-refractivity contribution is 0.192. The minimum atomic E-state index is 0.171. The van der Waals surface area contributed by atoms with Crippen LogP contribution < -0.4 is 10.5 Å². The molecule has 2 unspecified atom stereocenters. The first kappa shape index (κ1) is 9.66. The highest BCUT2D eigenvalue weighted by molar-refractivity contribution is 5.79. The van der Waals surface area contributed by atoms with Gasteiger partial charge in [-0.15, -0.1) is 0 Å². The molecule has 3 rings (SSSR count). The average Bonchev–Trinajstić information content (AvgIpc) is 2.88. The van der Waals surface area contributed by atoms with E-state index in [1.807, 2.05) is 18.2 Å². The van der Waals surface area contributed by atoms with Gasteiger partial charge in [-0.05, 0) is 37.5 Å². The summed E-state index contributed by atoms with van der Waals surface area (Å²) in [6.45, 7) is 0. The number of ether oxygens (including phenoxy) is 1. The SMILES string of the molecule is NC1CCCC1Oc1ccc2[nH]ncc2c1. The third-order valence-electron chi connectivity index (χ3n) is 3.20. The summed E-state index contributed by atoms with van der Waals surface area (Å²) in [5, 5.41) is 7.98. The van der Waals surface area contributed by atoms with Gasteiger partial charge in [-0.2, -0.15) is 5.10 Å². The summed E-state index contributed by atoms with van der Waals surface area (Å²) < 4.78 is 5.90. The Morgan fingerprint density at radius 1 is 1.38 bits per heavy atom. The fourth-order valence-corrected chi connectivity index (χ4v) is 2.27. The van der Waals surface area contributed by atoms with E-state index in [4.69, 9.17) is 10.5 Å². The van der Waals surface area contributed by atoms with Crippen molar-refractivity contribution in [2.45, 2.75) is 31.4 Å². The normalized spacial score (nSPS) is 25.1. The minimum absolute atomic E-state index is 0.171. The van der Waals surface area contributed by atoms with E-state index < -0.39 is 0 Å². The van der Waals surface area contributed by atoms with Gasteiger partial charge >= 0.3 is 0 Å². The Bertz CT molecular complexity index is 494. The van der Waals surface area contributed by atoms with Crippen LogP contribution in [0.3, 0.4) is 0 Å². The van der Waals surface area contributed by atoms with Crippen LogP contribution >= 0.6 is 0 Å². The molecule has 1 aliphatic rings. The lowest BCUT2D eigenvalue weighted by atomic mass is 10.2. The lowest BCUT2D eigenvalue weighted by Gasteiger charge is -2.17. The van der Waals surface area contributed by atoms with Crippen molar-refractivity contribution in [2.75, 3.05) is 0 Å². The molecule has 1 fully saturated rings. The number of fused-ring (bicyclic) bond motifs is 1. The summed E-state index contributed by atoms with van der Waals surface area (Å²) in [6.07, 6.45) is 5.27. The van der Waals surface area contributed by atoms with E-state index in [0.717, 1.165) is 29.5 Å². The van der Waals surface area contributed by atoms with Gasteiger partial charge < -0.3 is 10.5 Å². The molecule has 3 N–H and O–H groups in total. The smallest absolute Gasteiger partial charge is 0.120 e. The predicted molar refractivity (Wildman–Crippen MR) is 62.3 cm³/mol. The first-order chi connectivity index (χ1) is 7.83. The number of nitrogens with zero attached hydrogens (tertiary/aromatic N) is 1. The Hall–Kier alpha value is -1.55. The summed E-state index contributed by atoms with van der Waals surface area (Å²) in [7, 11) is 0. The van der Waals surface area contributed by atoms with Crippen LogP contribution in [0.25, 0.3) is 10.9 Å². The van der Waals surface area contributed by atoms with Crippen LogP contribution in [0.4, 0.5) is 0 Å². The molecule has 0 aliphatic heterocycles. The lowest BCUT2D eigenvalue weighted by Crippen LogP contribution is -2.33. The number of rotatable bonds is 2. The molecule has 4 heteroatoms. The fourth-order valence-electron chi connectivity index (χ4n) is 2.27. The number of aromatic nitrogens is 2. The maximum absolute atomic E-state index is 5.98. The molecule has 84 valence electrons. The van der Waals surface area contributed by atoms with Crippen LogP contribution in [-0.2, 0) is 0 Å². The number of H-pyrrole nitrogens is 1. The third kappa shape index (κ3) is 1.65. The Morgan fingerprint density at radius 3 is 3.12 bits per heavy atom. The van der Waals surface area contributed by atoms with Gasteiger partial charge in [0.1, 0.15) is 11.9 Å². The summed E-state index contributed by atoms with van der Waals surface area (Å²) in [4.78, 5) is 0. The highest BCUT2D eigenvalue weighted by Gasteiger charge is 2.25. The Balaban J connectivity index is 1.83. The molecule has 16 heavy (non-hydrogen) atoms. The van der Waals surface area contributed by atoms with Crippen molar-refractivity contribution in [1.29, 1.82) is 0 Å². The molecule has 1 aliphatic carbocycles. The van der Waals surface area contributed by atoms with Crippen LogP contribution in [0.1, 0.15) is 19.3 Å². The van der Waals surface area contributed by atoms with Gasteiger partial charge in [-0.3, -0.25) is 5.10 Å². The van der Waals surface area contributed by atoms with Crippen molar-refractivity contribution in [3.05, 3.63) is 24.4 Å². The topological polar surface area (TPSA) is 63.9 Å². The van der Waals surface area contributed by atoms with Gasteiger partial charge in [0, 0.05) is 11.4 Å². The quantitative estimate of drug-likeness (QED) is 0.806. The summed E-state index contributed by atoms with van der Waals surface area (Å²) >= 11 is 0. The van der Waals surface area contributed by atoms with Crippen LogP contribution in [-0.4, -0.2) is 22.3 Å². The largest absolute Gasteiger partial charge is 0.489 e. The number of aromatic amines is 1. The summed E-state index contributed by atoms with van der Waals surface area (Å²) in [6, 6.07) is 6.13. The second-order valence-electron chi connectivity index (χ2n) is 4.37. The molecule has 1 saturated carbocycles. The van der Waals surface area contributed by atoms with E-state index in [0.29, 0.717) is 0 Å². The molecule has 2 atom stereocenters. The van der Waals surface area contributed by atoms with Crippen LogP contribution in [0.5, 0.6) is 5.75 Å². The second kappa shape index (κ2) is 3.79. The molecular weight excluding hydrogens is 202 g/mol. The first-order valence-corrected chi connectivity index (χ1v) is 5.68. The van der Waals surface area contributed by atoms with Crippen molar-refractivity contribution < 1.29 is 4.74 Å². The van der Waals surface area contributed by atoms with E-state index >= 15 is 0 Å². The van der Waals surface area contributed by atoms with E-state index in [1.165, 1.54) is 6.42 Å². The molecular formula is C12H15N3O. The maximum atomic E-state index is 5.98. The molecule has 1 heterocycles. The average molecular weight is 217 g/mol. The molecule has 0 amide bonds. The van der Waals surface area contributed by atoms with Gasteiger partial charge in [0.2, 0.25) is 0 Å². The van der Waals surface area contributed by atoms with Crippen molar-refractivity contribution in [3.8, 4) is 5.75 Å². The van der Waals surface area contributed by atoms with Crippen LogP contribution in [0, 0.1) is 0 Å². The first-order valence-electron chi connectivity index (χ1n) is 5.68. The molecule has 0 spiro atoms. The van der Waals surface area contributed by atoms with Crippen molar-refractivity contribution in [2.24, 2.45) is 5.73 Å². The van der Waals surface area contributed by atoms with E-state index in [1.54, 1.807) is 6.20 Å². The van der Waals surface area contributed by atoms with E-state index in [9.17, 15) is 0 Å². The number of benzene rings is 1. The van der Waals surface area contributed by atoms with Crippen LogP contribution in [0.15, 0.2) is 24.4 Å². The van der Waals surface area contributed by atoms with Gasteiger partial charge in [0.25, 0.3) is 0 Å². The minimum Gasteiger partial charge on any atom is -0.489 e. The summed E-state index contributed by atoms with van der Waals surface area (Å²) in [5.41, 5.74) is 7.01. The zero-order valence-corrected chi connectivity index (χ0v) is 9.02. The van der Waals surface area contributed by atoms with Gasteiger partial charge in [0.05, 0.1) is 11.7 Å². The Morgan fingerprint density at radius 2 is 2.31 bits per heavy atom. The number of hydrogen-bond donors (Lipinski definition) is 2. The molecule has 1 aromatic heterocycles. The zero-order valence-electron chi connectivity index (χ0n) is 9.02. The maximum Gasteiger partial charge on any atom is 0.120 e. The highest BCUT2D eigenvalue weighted by atomic mass is 16.5. The highest BCUT2D eigenvalue weighted by Crippen LogP contribution is 2.25. The van der Waals surface area contributed by atoms with Gasteiger partial charge in [-0.25, -0.2) is 0 Å². The molecule has 4 nitrogen and oxygen atoms in total. The standard InChI is InChI=1S/C12H15N3O/c13-10-2-1-3-12(10)16-9-4-5-11-8(6-9)7-14-15-11/h4-7,10,12H,1-3,13H2,(H,14,15). The Labute approximate surface area is 93.8 Å². The van der Waals surface area contributed by atoms with E-state index in [2.05, 4.69) is 10.2 Å². The molecule has 0 saturated heterocycles. The predicted octanol–water partition coefficient (Wildman–Crippen LogP) is 1.82. The zero-order chi connectivity index (χ0) is 11.0.